The Bertz CT molecular complexity index is 440. The normalized spacial score (nSPS) is 21.1. The van der Waals surface area contributed by atoms with Gasteiger partial charge in [-0.1, -0.05) is 13.3 Å². The molecule has 2 atom stereocenters. The van der Waals surface area contributed by atoms with Gasteiger partial charge >= 0.3 is 0 Å². The van der Waals surface area contributed by atoms with Crippen LogP contribution in [0, 0.1) is 19.8 Å². The molecule has 0 bridgehead atoms. The van der Waals surface area contributed by atoms with Crippen LogP contribution in [0.3, 0.4) is 0 Å². The molecule has 1 aromatic heterocycles. The Hall–Kier alpha value is -0.580. The van der Waals surface area contributed by atoms with Crippen LogP contribution >= 0.6 is 24.8 Å². The Morgan fingerprint density at radius 2 is 1.86 bits per heavy atom. The predicted octanol–water partition coefficient (Wildman–Crippen LogP) is 3.10. The second-order valence-corrected chi connectivity index (χ2v) is 5.88. The first-order chi connectivity index (χ1) is 9.02. The van der Waals surface area contributed by atoms with E-state index in [1.165, 1.54) is 12.8 Å². The lowest BCUT2D eigenvalue weighted by Gasteiger charge is -2.24. The van der Waals surface area contributed by atoms with Crippen molar-refractivity contribution in [3.63, 3.8) is 0 Å². The fourth-order valence-corrected chi connectivity index (χ4v) is 2.96. The van der Waals surface area contributed by atoms with Crippen molar-refractivity contribution >= 4 is 30.6 Å². The Labute approximate surface area is 141 Å². The fraction of sp³-hybridized carbons (Fsp3) is 0.733. The number of anilines is 1. The molecule has 1 aromatic rings. The molecule has 2 rings (SSSR count). The number of aryl methyl sites for hydroxylation is 2. The Morgan fingerprint density at radius 3 is 2.38 bits per heavy atom. The van der Waals surface area contributed by atoms with Crippen LogP contribution in [-0.4, -0.2) is 48.1 Å². The topological polar surface area (TPSA) is 32.3 Å². The van der Waals surface area contributed by atoms with Crippen LogP contribution in [-0.2, 0) is 0 Å². The quantitative estimate of drug-likeness (QED) is 0.846. The van der Waals surface area contributed by atoms with Crippen molar-refractivity contribution in [2.45, 2.75) is 39.7 Å². The third kappa shape index (κ3) is 4.70. The molecule has 0 unspecified atom stereocenters. The summed E-state index contributed by atoms with van der Waals surface area (Å²) in [6, 6.07) is 0.628. The second-order valence-electron chi connectivity index (χ2n) is 5.88. The fourth-order valence-electron chi connectivity index (χ4n) is 2.96. The van der Waals surface area contributed by atoms with E-state index in [9.17, 15) is 0 Å². The molecule has 2 heterocycles. The molecule has 122 valence electrons. The van der Waals surface area contributed by atoms with E-state index in [1.54, 1.807) is 0 Å². The van der Waals surface area contributed by atoms with E-state index in [-0.39, 0.29) is 24.8 Å². The molecule has 0 saturated carbocycles. The van der Waals surface area contributed by atoms with Crippen LogP contribution in [0.1, 0.15) is 31.2 Å². The van der Waals surface area contributed by atoms with Gasteiger partial charge in [0.25, 0.3) is 0 Å². The lowest BCUT2D eigenvalue weighted by atomic mass is 9.98. The zero-order valence-electron chi connectivity index (χ0n) is 13.7. The average molecular weight is 335 g/mol. The Morgan fingerprint density at radius 1 is 1.19 bits per heavy atom. The summed E-state index contributed by atoms with van der Waals surface area (Å²) in [5.74, 6) is 1.77. The highest BCUT2D eigenvalue weighted by molar-refractivity contribution is 5.85. The number of rotatable bonds is 4. The molecule has 1 aliphatic heterocycles. The van der Waals surface area contributed by atoms with E-state index in [1.807, 2.05) is 20.0 Å². The van der Waals surface area contributed by atoms with Crippen molar-refractivity contribution in [3.8, 4) is 0 Å². The van der Waals surface area contributed by atoms with Gasteiger partial charge in [0.1, 0.15) is 5.82 Å². The van der Waals surface area contributed by atoms with Crippen molar-refractivity contribution in [1.29, 1.82) is 0 Å². The molecule has 1 fully saturated rings. The third-order valence-electron chi connectivity index (χ3n) is 4.23. The SMILES string of the molecule is CCC[C@H]1CN(c2cnc(C)c(C)n2)C[C@@H]1N(C)C.Cl.Cl. The highest BCUT2D eigenvalue weighted by atomic mass is 35.5. The van der Waals surface area contributed by atoms with Gasteiger partial charge in [-0.05, 0) is 40.3 Å². The van der Waals surface area contributed by atoms with E-state index in [2.05, 4.69) is 40.8 Å². The molecule has 1 aliphatic rings. The summed E-state index contributed by atoms with van der Waals surface area (Å²) >= 11 is 0. The summed E-state index contributed by atoms with van der Waals surface area (Å²) in [5, 5.41) is 0. The summed E-state index contributed by atoms with van der Waals surface area (Å²) in [7, 11) is 4.37. The average Bonchev–Trinajstić information content (AvgIpc) is 2.77. The lowest BCUT2D eigenvalue weighted by Crippen LogP contribution is -2.35. The molecule has 0 N–H and O–H groups in total. The van der Waals surface area contributed by atoms with Gasteiger partial charge in [-0.25, -0.2) is 4.98 Å². The van der Waals surface area contributed by atoms with Crippen LogP contribution in [0.5, 0.6) is 0 Å². The predicted molar refractivity (Wildman–Crippen MR) is 94.1 cm³/mol. The summed E-state index contributed by atoms with van der Waals surface area (Å²) < 4.78 is 0. The third-order valence-corrected chi connectivity index (χ3v) is 4.23. The van der Waals surface area contributed by atoms with Crippen LogP contribution in [0.4, 0.5) is 5.82 Å². The maximum Gasteiger partial charge on any atom is 0.147 e. The minimum atomic E-state index is 0. The van der Waals surface area contributed by atoms with Crippen molar-refractivity contribution < 1.29 is 0 Å². The minimum Gasteiger partial charge on any atom is -0.353 e. The van der Waals surface area contributed by atoms with E-state index < -0.39 is 0 Å². The summed E-state index contributed by atoms with van der Waals surface area (Å²) in [4.78, 5) is 13.9. The number of hydrogen-bond acceptors (Lipinski definition) is 4. The van der Waals surface area contributed by atoms with Crippen molar-refractivity contribution in [1.82, 2.24) is 14.9 Å². The number of halogens is 2. The van der Waals surface area contributed by atoms with Gasteiger partial charge in [0, 0.05) is 19.1 Å². The Balaban J connectivity index is 0.00000200. The van der Waals surface area contributed by atoms with Crippen molar-refractivity contribution in [2.75, 3.05) is 32.1 Å². The van der Waals surface area contributed by atoms with E-state index in [4.69, 9.17) is 0 Å². The zero-order chi connectivity index (χ0) is 14.0. The first-order valence-electron chi connectivity index (χ1n) is 7.24. The van der Waals surface area contributed by atoms with E-state index >= 15 is 0 Å². The van der Waals surface area contributed by atoms with Crippen LogP contribution in [0.2, 0.25) is 0 Å². The molecule has 0 spiro atoms. The molecular weight excluding hydrogens is 307 g/mol. The summed E-state index contributed by atoms with van der Waals surface area (Å²) in [5.41, 5.74) is 2.06. The summed E-state index contributed by atoms with van der Waals surface area (Å²) in [6.07, 6.45) is 4.46. The van der Waals surface area contributed by atoms with Gasteiger partial charge in [-0.3, -0.25) is 4.98 Å². The first-order valence-corrected chi connectivity index (χ1v) is 7.24. The molecular formula is C15H28Cl2N4. The highest BCUT2D eigenvalue weighted by Crippen LogP contribution is 2.28. The Kier molecular flexibility index (Phi) is 8.52. The maximum absolute atomic E-state index is 4.69. The molecule has 4 nitrogen and oxygen atoms in total. The highest BCUT2D eigenvalue weighted by Gasteiger charge is 2.34. The van der Waals surface area contributed by atoms with Gasteiger partial charge in [-0.2, -0.15) is 0 Å². The molecule has 21 heavy (non-hydrogen) atoms. The monoisotopic (exact) mass is 334 g/mol. The molecule has 0 aliphatic carbocycles. The van der Waals surface area contributed by atoms with Gasteiger partial charge in [0.15, 0.2) is 0 Å². The van der Waals surface area contributed by atoms with Crippen LogP contribution in [0.25, 0.3) is 0 Å². The van der Waals surface area contributed by atoms with Crippen LogP contribution in [0.15, 0.2) is 6.20 Å². The minimum absolute atomic E-state index is 0. The van der Waals surface area contributed by atoms with E-state index in [0.717, 1.165) is 36.2 Å². The molecule has 6 heteroatoms. The first kappa shape index (κ1) is 20.4. The van der Waals surface area contributed by atoms with Gasteiger partial charge in [0.2, 0.25) is 0 Å². The van der Waals surface area contributed by atoms with E-state index in [0.29, 0.717) is 6.04 Å². The van der Waals surface area contributed by atoms with Gasteiger partial charge in [0.05, 0.1) is 17.6 Å². The smallest absolute Gasteiger partial charge is 0.147 e. The number of likely N-dealkylation sites (N-methyl/N-ethyl adjacent to an activating group) is 1. The lowest BCUT2D eigenvalue weighted by molar-refractivity contribution is 0.246. The maximum atomic E-state index is 4.69. The number of hydrogen-bond donors (Lipinski definition) is 0. The summed E-state index contributed by atoms with van der Waals surface area (Å²) in [6.45, 7) is 8.49. The van der Waals surface area contributed by atoms with Gasteiger partial charge in [-0.15, -0.1) is 24.8 Å². The second kappa shape index (κ2) is 8.76. The van der Waals surface area contributed by atoms with Crippen molar-refractivity contribution in [3.05, 3.63) is 17.6 Å². The van der Waals surface area contributed by atoms with Crippen molar-refractivity contribution in [2.24, 2.45) is 5.92 Å². The molecule has 0 aromatic carbocycles. The molecule has 1 saturated heterocycles. The largest absolute Gasteiger partial charge is 0.353 e. The molecule has 0 radical (unpaired) electrons. The van der Waals surface area contributed by atoms with Gasteiger partial charge < -0.3 is 9.80 Å². The number of nitrogens with zero attached hydrogens (tertiary/aromatic N) is 4. The standard InChI is InChI=1S/C15H26N4.2ClH/c1-6-7-13-9-19(10-14(13)18(4)5)15-8-16-11(2)12(3)17-15;;/h8,13-14H,6-7,9-10H2,1-5H3;2*1H/t13-,14-;;/m0../s1. The number of aromatic nitrogens is 2. The van der Waals surface area contributed by atoms with Crippen LogP contribution < -0.4 is 4.90 Å². The molecule has 0 amide bonds. The zero-order valence-corrected chi connectivity index (χ0v) is 15.3.